The molecular formula is C57H38N4. The lowest BCUT2D eigenvalue weighted by atomic mass is 9.92. The third-order valence-corrected chi connectivity index (χ3v) is 11.2. The molecule has 0 unspecified atom stereocenters. The molecular weight excluding hydrogens is 741 g/mol. The molecule has 0 amide bonds. The zero-order valence-corrected chi connectivity index (χ0v) is 32.9. The molecule has 0 spiro atoms. The van der Waals surface area contributed by atoms with Gasteiger partial charge in [0.15, 0.2) is 17.5 Å². The number of rotatable bonds is 8. The Morgan fingerprint density at radius 1 is 0.328 bits per heavy atom. The minimum Gasteiger partial charge on any atom is -0.309 e. The molecule has 0 aliphatic carbocycles. The lowest BCUT2D eigenvalue weighted by Gasteiger charge is -2.15. The van der Waals surface area contributed by atoms with Crippen molar-refractivity contribution >= 4 is 21.8 Å². The fourth-order valence-electron chi connectivity index (χ4n) is 8.19. The Kier molecular flexibility index (Phi) is 8.07. The Morgan fingerprint density at radius 2 is 0.738 bits per heavy atom. The molecule has 0 saturated carbocycles. The van der Waals surface area contributed by atoms with Crippen LogP contribution in [-0.4, -0.2) is 19.5 Å². The molecule has 0 radical (unpaired) electrons. The number of hydrogen-bond donors (Lipinski definition) is 0. The summed E-state index contributed by atoms with van der Waals surface area (Å²) in [7, 11) is 0. The van der Waals surface area contributed by atoms with Crippen LogP contribution < -0.4 is 0 Å². The molecule has 0 saturated heterocycles. The summed E-state index contributed by atoms with van der Waals surface area (Å²) in [5.74, 6) is 1.79. The van der Waals surface area contributed by atoms with Gasteiger partial charge in [0.25, 0.3) is 0 Å². The second-order valence-electron chi connectivity index (χ2n) is 15.0. The Balaban J connectivity index is 1.04. The molecule has 0 aliphatic rings. The molecule has 0 bridgehead atoms. The van der Waals surface area contributed by atoms with Crippen LogP contribution in [0.5, 0.6) is 0 Å². The van der Waals surface area contributed by atoms with Gasteiger partial charge in [0.05, 0.1) is 16.5 Å². The van der Waals surface area contributed by atoms with E-state index >= 15 is 0 Å². The van der Waals surface area contributed by atoms with E-state index in [2.05, 4.69) is 72.8 Å². The highest BCUT2D eigenvalue weighted by Crippen LogP contribution is 2.41. The van der Waals surface area contributed by atoms with E-state index in [9.17, 15) is 2.74 Å². The number of nitrogens with zero attached hydrogens (tertiary/aromatic N) is 4. The van der Waals surface area contributed by atoms with Gasteiger partial charge in [-0.2, -0.15) is 0 Å². The first-order chi connectivity index (χ1) is 31.9. The Bertz CT molecular complexity index is 3430. The molecule has 0 fully saturated rings. The lowest BCUT2D eigenvalue weighted by Crippen LogP contribution is -2.00. The van der Waals surface area contributed by atoms with Crippen molar-refractivity contribution in [3.8, 4) is 84.4 Å². The molecule has 4 nitrogen and oxygen atoms in total. The van der Waals surface area contributed by atoms with Crippen molar-refractivity contribution in [1.82, 2.24) is 19.5 Å². The van der Waals surface area contributed by atoms with Crippen molar-refractivity contribution in [2.45, 2.75) is 0 Å². The predicted octanol–water partition coefficient (Wildman–Crippen LogP) is 14.6. The van der Waals surface area contributed by atoms with Gasteiger partial charge in [0, 0.05) is 38.7 Å². The van der Waals surface area contributed by atoms with Crippen LogP contribution in [0.3, 0.4) is 0 Å². The predicted molar refractivity (Wildman–Crippen MR) is 252 cm³/mol. The van der Waals surface area contributed by atoms with Crippen LogP contribution in [0.4, 0.5) is 0 Å². The molecule has 61 heavy (non-hydrogen) atoms. The maximum absolute atomic E-state index is 9.28. The summed E-state index contributed by atoms with van der Waals surface area (Å²) in [6.07, 6.45) is 0. The van der Waals surface area contributed by atoms with E-state index in [1.54, 1.807) is 0 Å². The van der Waals surface area contributed by atoms with E-state index in [0.717, 1.165) is 77.8 Å². The number of benzene rings is 9. The average molecular weight is 783 g/mol. The standard InChI is InChI=1S/C57H38N4/c1-5-16-39(17-6-1)46-36-47(40-18-7-2-8-19-40)38-48(37-46)50-25-15-26-52-51-24-13-14-27-53(51)61(54(50)52)49-34-32-42(33-35-49)41-28-30-45(31-29-41)57-59-55(43-20-9-3-10-21-43)58-56(60-57)44-22-11-4-12-23-44/h1-38H/i13D,14D,24D,27D. The molecule has 9 aromatic carbocycles. The van der Waals surface area contributed by atoms with Crippen LogP contribution >= 0.6 is 0 Å². The fourth-order valence-corrected chi connectivity index (χ4v) is 8.19. The van der Waals surface area contributed by atoms with E-state index in [-0.39, 0.29) is 24.2 Å². The monoisotopic (exact) mass is 782 g/mol. The van der Waals surface area contributed by atoms with E-state index in [1.807, 2.05) is 138 Å². The quantitative estimate of drug-likeness (QED) is 0.154. The molecule has 286 valence electrons. The maximum atomic E-state index is 9.28. The minimum atomic E-state index is -0.271. The topological polar surface area (TPSA) is 43.6 Å². The van der Waals surface area contributed by atoms with E-state index in [4.69, 9.17) is 17.7 Å². The van der Waals surface area contributed by atoms with Gasteiger partial charge < -0.3 is 4.57 Å². The Morgan fingerprint density at radius 3 is 1.26 bits per heavy atom. The van der Waals surface area contributed by atoms with Gasteiger partial charge in [-0.25, -0.2) is 15.0 Å². The summed E-state index contributed by atoms with van der Waals surface area (Å²) in [4.78, 5) is 14.7. The van der Waals surface area contributed by atoms with E-state index < -0.39 is 0 Å². The zero-order valence-electron chi connectivity index (χ0n) is 36.9. The summed E-state index contributed by atoms with van der Waals surface area (Å²) in [5, 5.41) is 1.24. The van der Waals surface area contributed by atoms with Gasteiger partial charge >= 0.3 is 0 Å². The highest BCUT2D eigenvalue weighted by molar-refractivity contribution is 6.14. The average Bonchev–Trinajstić information content (AvgIpc) is 3.74. The van der Waals surface area contributed by atoms with Crippen molar-refractivity contribution in [3.05, 3.63) is 230 Å². The summed E-state index contributed by atoms with van der Waals surface area (Å²) in [6.45, 7) is 0. The van der Waals surface area contributed by atoms with Crippen molar-refractivity contribution in [2.75, 3.05) is 0 Å². The SMILES string of the molecule is [2H]c1c([2H])c([2H])c2c(c1[2H])c1cccc(-c3cc(-c4ccccc4)cc(-c4ccccc4)c3)c1n2-c1ccc(-c2ccc(-c3nc(-c4ccccc4)nc(-c4ccccc4)n3)cc2)cc1. The maximum Gasteiger partial charge on any atom is 0.164 e. The van der Waals surface area contributed by atoms with Gasteiger partial charge in [0.2, 0.25) is 0 Å². The smallest absolute Gasteiger partial charge is 0.164 e. The molecule has 0 atom stereocenters. The van der Waals surface area contributed by atoms with Crippen molar-refractivity contribution in [1.29, 1.82) is 0 Å². The largest absolute Gasteiger partial charge is 0.309 e. The summed E-state index contributed by atoms with van der Waals surface area (Å²) < 4.78 is 37.9. The third kappa shape index (κ3) is 6.86. The Hall–Kier alpha value is -8.21. The fraction of sp³-hybridized carbons (Fsp3) is 0. The van der Waals surface area contributed by atoms with Crippen LogP contribution in [-0.2, 0) is 0 Å². The minimum absolute atomic E-state index is 0.0634. The number of hydrogen-bond acceptors (Lipinski definition) is 3. The van der Waals surface area contributed by atoms with Gasteiger partial charge in [0.1, 0.15) is 0 Å². The highest BCUT2D eigenvalue weighted by atomic mass is 15.0. The second kappa shape index (κ2) is 15.5. The number of fused-ring (bicyclic) bond motifs is 3. The van der Waals surface area contributed by atoms with Gasteiger partial charge in [-0.1, -0.05) is 194 Å². The zero-order chi connectivity index (χ0) is 44.0. The van der Waals surface area contributed by atoms with Gasteiger partial charge in [-0.3, -0.25) is 0 Å². The molecule has 4 heteroatoms. The van der Waals surface area contributed by atoms with E-state index in [0.29, 0.717) is 28.4 Å². The molecule has 2 aromatic heterocycles. The summed E-state index contributed by atoms with van der Waals surface area (Å²) >= 11 is 0. The van der Waals surface area contributed by atoms with Crippen LogP contribution in [0, 0.1) is 0 Å². The van der Waals surface area contributed by atoms with Crippen LogP contribution in [0.15, 0.2) is 230 Å². The van der Waals surface area contributed by atoms with Crippen molar-refractivity contribution < 1.29 is 5.48 Å². The molecule has 11 aromatic rings. The molecule has 2 heterocycles. The Labute approximate surface area is 360 Å². The molecule has 11 rings (SSSR count). The normalized spacial score (nSPS) is 12.2. The second-order valence-corrected chi connectivity index (χ2v) is 15.0. The van der Waals surface area contributed by atoms with Crippen molar-refractivity contribution in [3.63, 3.8) is 0 Å². The molecule has 0 N–H and O–H groups in total. The van der Waals surface area contributed by atoms with Crippen LogP contribution in [0.2, 0.25) is 0 Å². The van der Waals surface area contributed by atoms with Crippen LogP contribution in [0.25, 0.3) is 106 Å². The third-order valence-electron chi connectivity index (χ3n) is 11.2. The van der Waals surface area contributed by atoms with Gasteiger partial charge in [-0.05, 0) is 75.3 Å². The van der Waals surface area contributed by atoms with Crippen molar-refractivity contribution in [2.24, 2.45) is 0 Å². The van der Waals surface area contributed by atoms with Gasteiger partial charge in [-0.15, -0.1) is 0 Å². The first-order valence-corrected chi connectivity index (χ1v) is 20.3. The first-order valence-electron chi connectivity index (χ1n) is 22.3. The lowest BCUT2D eigenvalue weighted by molar-refractivity contribution is 1.07. The number of para-hydroxylation sites is 2. The van der Waals surface area contributed by atoms with E-state index in [1.165, 1.54) is 0 Å². The summed E-state index contributed by atoms with van der Waals surface area (Å²) in [5.41, 5.74) is 12.8. The summed E-state index contributed by atoms with van der Waals surface area (Å²) in [6, 6.07) is 68.9. The molecule has 0 aliphatic heterocycles. The number of aromatic nitrogens is 4. The van der Waals surface area contributed by atoms with Crippen LogP contribution in [0.1, 0.15) is 5.48 Å². The highest BCUT2D eigenvalue weighted by Gasteiger charge is 2.18. The first kappa shape index (κ1) is 31.7.